The maximum atomic E-state index is 10.5. The number of rotatable bonds is 4. The van der Waals surface area contributed by atoms with Gasteiger partial charge in [-0.05, 0) is 26.3 Å². The molecule has 1 fully saturated rings. The van der Waals surface area contributed by atoms with Gasteiger partial charge in [0.2, 0.25) is 0 Å². The van der Waals surface area contributed by atoms with E-state index < -0.39 is 5.60 Å². The molecule has 5 nitrogen and oxygen atoms in total. The monoisotopic (exact) mass is 301 g/mol. The molecular formula is C17H23N3O2. The van der Waals surface area contributed by atoms with Gasteiger partial charge in [-0.1, -0.05) is 18.2 Å². The molecule has 0 amide bonds. The van der Waals surface area contributed by atoms with Crippen LogP contribution in [0.2, 0.25) is 0 Å². The van der Waals surface area contributed by atoms with Gasteiger partial charge in [0.1, 0.15) is 17.0 Å². The highest BCUT2D eigenvalue weighted by atomic mass is 16.5. The van der Waals surface area contributed by atoms with E-state index in [1.54, 1.807) is 21.0 Å². The van der Waals surface area contributed by atoms with Crippen LogP contribution < -0.4 is 10.1 Å². The summed E-state index contributed by atoms with van der Waals surface area (Å²) in [4.78, 5) is 0. The third-order valence-electron chi connectivity index (χ3n) is 4.15. The maximum Gasteiger partial charge on any atom is 0.129 e. The summed E-state index contributed by atoms with van der Waals surface area (Å²) in [6.45, 7) is 7.38. The van der Waals surface area contributed by atoms with Crippen molar-refractivity contribution in [1.29, 1.82) is 0 Å². The first-order valence-electron chi connectivity index (χ1n) is 7.58. The molecule has 2 N–H and O–H groups in total. The van der Waals surface area contributed by atoms with E-state index in [1.807, 2.05) is 36.0 Å². The molecule has 1 saturated heterocycles. The van der Waals surface area contributed by atoms with Gasteiger partial charge < -0.3 is 15.2 Å². The number of para-hydroxylation sites is 1. The second kappa shape index (κ2) is 5.41. The lowest BCUT2D eigenvalue weighted by Crippen LogP contribution is -2.43. The zero-order valence-electron chi connectivity index (χ0n) is 13.6. The topological polar surface area (TPSA) is 59.3 Å². The van der Waals surface area contributed by atoms with Crippen molar-refractivity contribution in [3.8, 4) is 16.9 Å². The van der Waals surface area contributed by atoms with Crippen molar-refractivity contribution >= 4 is 0 Å². The van der Waals surface area contributed by atoms with E-state index in [9.17, 15) is 5.11 Å². The van der Waals surface area contributed by atoms with E-state index in [0.717, 1.165) is 35.5 Å². The number of aliphatic hydroxyl groups is 1. The first-order valence-corrected chi connectivity index (χ1v) is 7.58. The minimum atomic E-state index is -1.01. The summed E-state index contributed by atoms with van der Waals surface area (Å²) in [5.41, 5.74) is 2.65. The second-order valence-corrected chi connectivity index (χ2v) is 6.40. The Hall–Kier alpha value is -1.85. The molecule has 5 heteroatoms. The highest BCUT2D eigenvalue weighted by Gasteiger charge is 2.29. The third kappa shape index (κ3) is 2.51. The van der Waals surface area contributed by atoms with Crippen molar-refractivity contribution in [2.75, 3.05) is 20.2 Å². The van der Waals surface area contributed by atoms with E-state index in [2.05, 4.69) is 10.4 Å². The van der Waals surface area contributed by atoms with E-state index >= 15 is 0 Å². The molecule has 0 aliphatic carbocycles. The molecule has 1 aliphatic rings. The molecule has 0 unspecified atom stereocenters. The Balaban J connectivity index is 2.17. The number of ether oxygens (including phenoxy) is 1. The number of aryl methyl sites for hydroxylation is 1. The van der Waals surface area contributed by atoms with Crippen LogP contribution in [0.5, 0.6) is 5.75 Å². The van der Waals surface area contributed by atoms with Gasteiger partial charge >= 0.3 is 0 Å². The summed E-state index contributed by atoms with van der Waals surface area (Å²) >= 11 is 0. The summed E-state index contributed by atoms with van der Waals surface area (Å²) < 4.78 is 7.54. The van der Waals surface area contributed by atoms with Crippen LogP contribution in [0.4, 0.5) is 0 Å². The standard InChI is InChI=1S/C17H23N3O2/c1-11-6-5-7-13(15(11)22-4)14-10-20(12-8-18-9-12)19-16(14)17(2,3)21/h5-7,10,12,18,21H,8-9H2,1-4H3. The summed E-state index contributed by atoms with van der Waals surface area (Å²) in [7, 11) is 1.68. The molecule has 118 valence electrons. The van der Waals surface area contributed by atoms with Gasteiger partial charge in [-0.25, -0.2) is 0 Å². The molecule has 2 aromatic rings. The Kier molecular flexibility index (Phi) is 3.70. The maximum absolute atomic E-state index is 10.5. The van der Waals surface area contributed by atoms with Crippen LogP contribution in [-0.4, -0.2) is 35.1 Å². The van der Waals surface area contributed by atoms with Crippen molar-refractivity contribution in [3.63, 3.8) is 0 Å². The van der Waals surface area contributed by atoms with Crippen LogP contribution in [-0.2, 0) is 5.60 Å². The molecule has 0 spiro atoms. The predicted octanol–water partition coefficient (Wildman–Crippen LogP) is 2.24. The van der Waals surface area contributed by atoms with Gasteiger partial charge in [-0.2, -0.15) is 5.10 Å². The SMILES string of the molecule is COc1c(C)cccc1-c1cn(C2CNC2)nc1C(C)(C)O. The lowest BCUT2D eigenvalue weighted by atomic mass is 9.95. The van der Waals surface area contributed by atoms with Gasteiger partial charge in [0, 0.05) is 30.4 Å². The fourth-order valence-electron chi connectivity index (χ4n) is 2.82. The number of nitrogens with zero attached hydrogens (tertiary/aromatic N) is 2. The molecule has 0 atom stereocenters. The minimum Gasteiger partial charge on any atom is -0.496 e. The highest BCUT2D eigenvalue weighted by Crippen LogP contribution is 2.38. The second-order valence-electron chi connectivity index (χ2n) is 6.40. The smallest absolute Gasteiger partial charge is 0.129 e. The number of methoxy groups -OCH3 is 1. The molecule has 0 bridgehead atoms. The fraction of sp³-hybridized carbons (Fsp3) is 0.471. The quantitative estimate of drug-likeness (QED) is 0.909. The van der Waals surface area contributed by atoms with E-state index in [4.69, 9.17) is 4.74 Å². The molecule has 1 aliphatic heterocycles. The minimum absolute atomic E-state index is 0.352. The van der Waals surface area contributed by atoms with E-state index in [1.165, 1.54) is 0 Å². The zero-order chi connectivity index (χ0) is 15.9. The number of hydrogen-bond donors (Lipinski definition) is 2. The average molecular weight is 301 g/mol. The van der Waals surface area contributed by atoms with Crippen molar-refractivity contribution < 1.29 is 9.84 Å². The largest absolute Gasteiger partial charge is 0.496 e. The third-order valence-corrected chi connectivity index (χ3v) is 4.15. The molecule has 1 aromatic carbocycles. The Morgan fingerprint density at radius 2 is 2.05 bits per heavy atom. The number of aromatic nitrogens is 2. The highest BCUT2D eigenvalue weighted by molar-refractivity contribution is 5.74. The van der Waals surface area contributed by atoms with Crippen molar-refractivity contribution in [1.82, 2.24) is 15.1 Å². The van der Waals surface area contributed by atoms with Gasteiger partial charge in [-0.3, -0.25) is 4.68 Å². The summed E-state index contributed by atoms with van der Waals surface area (Å²) in [5, 5.41) is 18.4. The molecule has 22 heavy (non-hydrogen) atoms. The normalized spacial score (nSPS) is 15.7. The van der Waals surface area contributed by atoms with Gasteiger partial charge in [0.15, 0.2) is 0 Å². The Morgan fingerprint density at radius 1 is 1.32 bits per heavy atom. The average Bonchev–Trinajstić information content (AvgIpc) is 2.81. The predicted molar refractivity (Wildman–Crippen MR) is 86.1 cm³/mol. The summed E-state index contributed by atoms with van der Waals surface area (Å²) in [6.07, 6.45) is 2.02. The zero-order valence-corrected chi connectivity index (χ0v) is 13.6. The summed E-state index contributed by atoms with van der Waals surface area (Å²) in [5.74, 6) is 0.833. The number of benzene rings is 1. The van der Waals surface area contributed by atoms with Crippen LogP contribution >= 0.6 is 0 Å². The van der Waals surface area contributed by atoms with Gasteiger partial charge in [0.05, 0.1) is 13.2 Å². The van der Waals surface area contributed by atoms with Crippen LogP contribution in [0, 0.1) is 6.92 Å². The molecule has 3 rings (SSSR count). The number of nitrogens with one attached hydrogen (secondary N) is 1. The lowest BCUT2D eigenvalue weighted by molar-refractivity contribution is 0.0730. The van der Waals surface area contributed by atoms with Crippen LogP contribution in [0.15, 0.2) is 24.4 Å². The fourth-order valence-corrected chi connectivity index (χ4v) is 2.82. The summed E-state index contributed by atoms with van der Waals surface area (Å²) in [6, 6.07) is 6.39. The molecule has 1 aromatic heterocycles. The van der Waals surface area contributed by atoms with Crippen molar-refractivity contribution in [3.05, 3.63) is 35.7 Å². The van der Waals surface area contributed by atoms with Crippen LogP contribution in [0.3, 0.4) is 0 Å². The van der Waals surface area contributed by atoms with E-state index in [0.29, 0.717) is 11.7 Å². The molecule has 2 heterocycles. The van der Waals surface area contributed by atoms with Crippen LogP contribution in [0.25, 0.3) is 11.1 Å². The van der Waals surface area contributed by atoms with Crippen molar-refractivity contribution in [2.24, 2.45) is 0 Å². The number of hydrogen-bond acceptors (Lipinski definition) is 4. The first kappa shape index (κ1) is 15.1. The molecule has 0 radical (unpaired) electrons. The van der Waals surface area contributed by atoms with E-state index in [-0.39, 0.29) is 0 Å². The van der Waals surface area contributed by atoms with Gasteiger partial charge in [-0.15, -0.1) is 0 Å². The Labute approximate surface area is 130 Å². The lowest BCUT2D eigenvalue weighted by Gasteiger charge is -2.27. The van der Waals surface area contributed by atoms with Crippen LogP contribution in [0.1, 0.15) is 31.1 Å². The molecule has 0 saturated carbocycles. The first-order chi connectivity index (χ1) is 10.4. The molecular weight excluding hydrogens is 278 g/mol. The Morgan fingerprint density at radius 3 is 2.59 bits per heavy atom. The van der Waals surface area contributed by atoms with Crippen molar-refractivity contribution in [2.45, 2.75) is 32.4 Å². The Bertz CT molecular complexity index is 682. The van der Waals surface area contributed by atoms with Gasteiger partial charge in [0.25, 0.3) is 0 Å².